The molecule has 3 heterocycles. The molecule has 0 saturated carbocycles. The van der Waals surface area contributed by atoms with Crippen molar-refractivity contribution >= 4 is 45.6 Å². The van der Waals surface area contributed by atoms with E-state index in [9.17, 15) is 9.59 Å². The monoisotopic (exact) mass is 502 g/mol. The lowest BCUT2D eigenvalue weighted by Crippen LogP contribution is -2.10. The summed E-state index contributed by atoms with van der Waals surface area (Å²) < 4.78 is 6.79. The van der Waals surface area contributed by atoms with Gasteiger partial charge in [-0.15, -0.1) is 0 Å². The van der Waals surface area contributed by atoms with Gasteiger partial charge in [0.05, 0.1) is 40.7 Å². The number of nitrogens with one attached hydrogen (secondary N) is 2. The lowest BCUT2D eigenvalue weighted by Gasteiger charge is -2.16. The molecule has 0 spiro atoms. The van der Waals surface area contributed by atoms with E-state index >= 15 is 0 Å². The van der Waals surface area contributed by atoms with Gasteiger partial charge in [-0.2, -0.15) is 0 Å². The molecule has 0 bridgehead atoms. The maximum atomic E-state index is 13.3. The third-order valence-electron chi connectivity index (χ3n) is 6.43. The number of hydrogen-bond donors (Lipinski definition) is 2. The molecular weight excluding hydrogens is 480 g/mol. The van der Waals surface area contributed by atoms with E-state index in [1.54, 1.807) is 36.8 Å². The van der Waals surface area contributed by atoms with Gasteiger partial charge in [-0.3, -0.25) is 14.8 Å². The quantitative estimate of drug-likeness (QED) is 0.264. The number of benzene rings is 3. The van der Waals surface area contributed by atoms with Gasteiger partial charge in [0.15, 0.2) is 0 Å². The molecule has 6 rings (SSSR count). The summed E-state index contributed by atoms with van der Waals surface area (Å²) in [5.41, 5.74) is 6.60. The number of nitrogens with zero attached hydrogens (tertiary/aromatic N) is 4. The predicted molar refractivity (Wildman–Crippen MR) is 145 cm³/mol. The highest BCUT2D eigenvalue weighted by molar-refractivity contribution is 6.37. The van der Waals surface area contributed by atoms with Crippen molar-refractivity contribution in [2.45, 2.75) is 0 Å². The topological polar surface area (TPSA) is 111 Å². The van der Waals surface area contributed by atoms with E-state index in [0.717, 1.165) is 28.2 Å². The van der Waals surface area contributed by atoms with Crippen LogP contribution < -0.4 is 10.6 Å². The standard InChI is InChI=1S/C29H22N6O3/c1-35-14-13-32-27(35)17-3-7-20(8-4-17)33-26(18-6-10-22-24(15-18)31-12-11-30-22)25-21-9-5-19(29(37)38-2)16-23(21)34-28(25)36/h3-16,33H,1-2H3,(H,34,36)/b26-25-. The third kappa shape index (κ3) is 4.05. The first-order valence-electron chi connectivity index (χ1n) is 11.9. The minimum absolute atomic E-state index is 0.284. The first kappa shape index (κ1) is 23.1. The van der Waals surface area contributed by atoms with Gasteiger partial charge in [-0.25, -0.2) is 9.78 Å². The highest BCUT2D eigenvalue weighted by Crippen LogP contribution is 2.38. The van der Waals surface area contributed by atoms with Gasteiger partial charge in [-0.1, -0.05) is 12.1 Å². The van der Waals surface area contributed by atoms with Gasteiger partial charge >= 0.3 is 5.97 Å². The van der Waals surface area contributed by atoms with Crippen LogP contribution in [0.2, 0.25) is 0 Å². The minimum Gasteiger partial charge on any atom is -0.465 e. The SMILES string of the molecule is COC(=O)c1ccc2c(c1)NC(=O)/C2=C(\Nc1ccc(-c2nccn2C)cc1)c1ccc2nccnc2c1. The van der Waals surface area contributed by atoms with Gasteiger partial charge in [0.1, 0.15) is 5.82 Å². The molecule has 1 aliphatic rings. The van der Waals surface area contributed by atoms with Crippen LogP contribution >= 0.6 is 0 Å². The van der Waals surface area contributed by atoms with Crippen LogP contribution in [0.1, 0.15) is 21.5 Å². The lowest BCUT2D eigenvalue weighted by atomic mass is 9.98. The molecule has 0 aliphatic carbocycles. The fraction of sp³-hybridized carbons (Fsp3) is 0.0690. The summed E-state index contributed by atoms with van der Waals surface area (Å²) in [5.74, 6) is 0.0980. The Kier molecular flexibility index (Phi) is 5.65. The number of hydrogen-bond acceptors (Lipinski definition) is 7. The highest BCUT2D eigenvalue weighted by Gasteiger charge is 2.29. The van der Waals surface area contributed by atoms with Crippen molar-refractivity contribution < 1.29 is 14.3 Å². The van der Waals surface area contributed by atoms with E-state index in [4.69, 9.17) is 4.74 Å². The molecule has 0 unspecified atom stereocenters. The van der Waals surface area contributed by atoms with Crippen LogP contribution in [-0.4, -0.2) is 38.5 Å². The Balaban J connectivity index is 1.48. The Morgan fingerprint density at radius 1 is 0.895 bits per heavy atom. The molecule has 9 nitrogen and oxygen atoms in total. The van der Waals surface area contributed by atoms with Crippen LogP contribution in [0.5, 0.6) is 0 Å². The Labute approximate surface area is 217 Å². The average molecular weight is 503 g/mol. The molecule has 9 heteroatoms. The van der Waals surface area contributed by atoms with Gasteiger partial charge < -0.3 is 19.9 Å². The summed E-state index contributed by atoms with van der Waals surface area (Å²) in [6, 6.07) is 18.5. The van der Waals surface area contributed by atoms with Crippen LogP contribution in [0.3, 0.4) is 0 Å². The van der Waals surface area contributed by atoms with E-state index in [-0.39, 0.29) is 5.91 Å². The molecule has 0 fully saturated rings. The number of aryl methyl sites for hydroxylation is 1. The molecule has 186 valence electrons. The van der Waals surface area contributed by atoms with E-state index in [1.165, 1.54) is 7.11 Å². The number of esters is 1. The number of aromatic nitrogens is 4. The van der Waals surface area contributed by atoms with Crippen molar-refractivity contribution in [2.75, 3.05) is 17.7 Å². The highest BCUT2D eigenvalue weighted by atomic mass is 16.5. The zero-order valence-corrected chi connectivity index (χ0v) is 20.6. The number of amides is 1. The summed E-state index contributed by atoms with van der Waals surface area (Å²) in [6.07, 6.45) is 6.93. The summed E-state index contributed by atoms with van der Waals surface area (Å²) >= 11 is 0. The zero-order valence-electron chi connectivity index (χ0n) is 20.6. The second-order valence-corrected chi connectivity index (χ2v) is 8.78. The first-order valence-corrected chi connectivity index (χ1v) is 11.9. The van der Waals surface area contributed by atoms with Crippen molar-refractivity contribution in [3.63, 3.8) is 0 Å². The van der Waals surface area contributed by atoms with Crippen molar-refractivity contribution in [1.29, 1.82) is 0 Å². The van der Waals surface area contributed by atoms with Crippen LogP contribution in [-0.2, 0) is 16.6 Å². The Bertz CT molecular complexity index is 1750. The molecule has 1 amide bonds. The van der Waals surface area contributed by atoms with Gasteiger partial charge in [0.2, 0.25) is 0 Å². The van der Waals surface area contributed by atoms with Gasteiger partial charge in [0.25, 0.3) is 5.91 Å². The predicted octanol–water partition coefficient (Wildman–Crippen LogP) is 4.75. The van der Waals surface area contributed by atoms with Crippen molar-refractivity contribution in [1.82, 2.24) is 19.5 Å². The number of rotatable bonds is 5. The number of imidazole rings is 1. The molecular formula is C29H22N6O3. The zero-order chi connectivity index (χ0) is 26.2. The fourth-order valence-corrected chi connectivity index (χ4v) is 4.55. The van der Waals surface area contributed by atoms with Crippen LogP contribution in [0.15, 0.2) is 85.5 Å². The number of carbonyl (C=O) groups excluding carboxylic acids is 2. The van der Waals surface area contributed by atoms with Crippen molar-refractivity contribution in [3.05, 3.63) is 102 Å². The largest absolute Gasteiger partial charge is 0.465 e. The number of fused-ring (bicyclic) bond motifs is 2. The van der Waals surface area contributed by atoms with Crippen molar-refractivity contribution in [3.8, 4) is 11.4 Å². The number of carbonyl (C=O) groups is 2. The molecule has 0 radical (unpaired) electrons. The molecule has 0 atom stereocenters. The Hall–Kier alpha value is -5.31. The van der Waals surface area contributed by atoms with Gasteiger partial charge in [0, 0.05) is 54.2 Å². The van der Waals surface area contributed by atoms with E-state index in [1.807, 2.05) is 60.3 Å². The van der Waals surface area contributed by atoms with E-state index in [2.05, 4.69) is 25.6 Å². The van der Waals surface area contributed by atoms with Crippen LogP contribution in [0.25, 0.3) is 33.7 Å². The molecule has 3 aromatic carbocycles. The maximum absolute atomic E-state index is 13.3. The summed E-state index contributed by atoms with van der Waals surface area (Å²) in [6.45, 7) is 0. The molecule has 2 aromatic heterocycles. The summed E-state index contributed by atoms with van der Waals surface area (Å²) in [5, 5.41) is 6.35. The molecule has 5 aromatic rings. The third-order valence-corrected chi connectivity index (χ3v) is 6.43. The minimum atomic E-state index is -0.473. The van der Waals surface area contributed by atoms with E-state index < -0.39 is 5.97 Å². The average Bonchev–Trinajstić information content (AvgIpc) is 3.52. The van der Waals surface area contributed by atoms with E-state index in [0.29, 0.717) is 33.6 Å². The number of methoxy groups -OCH3 is 1. The second-order valence-electron chi connectivity index (χ2n) is 8.78. The smallest absolute Gasteiger partial charge is 0.337 e. The lowest BCUT2D eigenvalue weighted by molar-refractivity contribution is -0.110. The Morgan fingerprint density at radius 3 is 2.39 bits per heavy atom. The summed E-state index contributed by atoms with van der Waals surface area (Å²) in [4.78, 5) is 38.6. The maximum Gasteiger partial charge on any atom is 0.337 e. The van der Waals surface area contributed by atoms with Crippen molar-refractivity contribution in [2.24, 2.45) is 7.05 Å². The molecule has 38 heavy (non-hydrogen) atoms. The first-order chi connectivity index (χ1) is 18.5. The number of ether oxygens (including phenoxy) is 1. The molecule has 2 N–H and O–H groups in total. The van der Waals surface area contributed by atoms with Crippen LogP contribution in [0.4, 0.5) is 11.4 Å². The Morgan fingerprint density at radius 2 is 1.66 bits per heavy atom. The molecule has 1 aliphatic heterocycles. The van der Waals surface area contributed by atoms with Gasteiger partial charge in [-0.05, 0) is 48.5 Å². The fourth-order valence-electron chi connectivity index (χ4n) is 4.55. The van der Waals surface area contributed by atoms with Crippen LogP contribution in [0, 0.1) is 0 Å². The summed E-state index contributed by atoms with van der Waals surface area (Å²) in [7, 11) is 3.27. The second kappa shape index (κ2) is 9.29. The normalized spacial score (nSPS) is 13.7. The molecule has 0 saturated heterocycles. The number of anilines is 2.